The van der Waals surface area contributed by atoms with Crippen molar-refractivity contribution >= 4 is 29.4 Å². The molecule has 0 bridgehead atoms. The van der Waals surface area contributed by atoms with E-state index in [0.717, 1.165) is 10.5 Å². The molecule has 1 atom stereocenters. The second-order valence-corrected chi connectivity index (χ2v) is 9.08. The van der Waals surface area contributed by atoms with Crippen LogP contribution in [0.4, 0.5) is 10.5 Å². The Morgan fingerprint density at radius 2 is 1.75 bits per heavy atom. The molecule has 1 aliphatic rings. The summed E-state index contributed by atoms with van der Waals surface area (Å²) in [6, 6.07) is 16.8. The van der Waals surface area contributed by atoms with E-state index in [0.29, 0.717) is 17.2 Å². The fourth-order valence-corrected chi connectivity index (χ4v) is 4.04. The molecule has 3 aromatic rings. The zero-order valence-electron chi connectivity index (χ0n) is 20.3. The van der Waals surface area contributed by atoms with Crippen LogP contribution in [0.15, 0.2) is 71.3 Å². The van der Waals surface area contributed by atoms with Gasteiger partial charge in [-0.25, -0.2) is 4.79 Å². The van der Waals surface area contributed by atoms with Gasteiger partial charge in [-0.3, -0.25) is 19.3 Å². The lowest BCUT2D eigenvalue weighted by Crippen LogP contribution is -2.42. The first kappa shape index (κ1) is 24.7. The van der Waals surface area contributed by atoms with E-state index in [1.54, 1.807) is 43.3 Å². The first-order valence-corrected chi connectivity index (χ1v) is 11.6. The summed E-state index contributed by atoms with van der Waals surface area (Å²) in [5, 5.41) is 8.08. The standard InChI is InChI=1S/C27H28N4O5/c1-17(2)18-10-12-19(13-11-18)27(3)25(34)31(26(35)30-27)16-23(32)29-22-9-5-4-8-21(22)24(33)28-15-20-7-6-14-36-20/h4-14,17H,15-16H2,1-3H3,(H,28,33)(H,29,32)(H,30,35)/t27-/m1/s1. The zero-order chi connectivity index (χ0) is 25.9. The molecule has 1 aromatic heterocycles. The van der Waals surface area contributed by atoms with Crippen molar-refractivity contribution in [2.24, 2.45) is 0 Å². The monoisotopic (exact) mass is 488 g/mol. The maximum absolute atomic E-state index is 13.2. The van der Waals surface area contributed by atoms with Crippen molar-refractivity contribution in [2.75, 3.05) is 11.9 Å². The Kier molecular flexibility index (Phi) is 6.91. The number of para-hydroxylation sites is 1. The summed E-state index contributed by atoms with van der Waals surface area (Å²) in [5.41, 5.74) is 0.966. The number of urea groups is 1. The average Bonchev–Trinajstić information content (AvgIpc) is 3.46. The van der Waals surface area contributed by atoms with Gasteiger partial charge in [0.2, 0.25) is 5.91 Å². The first-order valence-electron chi connectivity index (χ1n) is 11.6. The maximum atomic E-state index is 13.2. The molecule has 1 saturated heterocycles. The van der Waals surface area contributed by atoms with E-state index < -0.39 is 35.8 Å². The summed E-state index contributed by atoms with van der Waals surface area (Å²) < 4.78 is 5.21. The van der Waals surface area contributed by atoms with E-state index in [4.69, 9.17) is 4.42 Å². The Morgan fingerprint density at radius 3 is 2.42 bits per heavy atom. The van der Waals surface area contributed by atoms with Gasteiger partial charge in [0.1, 0.15) is 17.8 Å². The van der Waals surface area contributed by atoms with Crippen LogP contribution < -0.4 is 16.0 Å². The number of furan rings is 1. The Morgan fingerprint density at radius 1 is 1.03 bits per heavy atom. The fourth-order valence-electron chi connectivity index (χ4n) is 4.04. The highest BCUT2D eigenvalue weighted by Gasteiger charge is 2.49. The number of nitrogens with zero attached hydrogens (tertiary/aromatic N) is 1. The van der Waals surface area contributed by atoms with Crippen molar-refractivity contribution in [3.63, 3.8) is 0 Å². The number of hydrogen-bond acceptors (Lipinski definition) is 5. The largest absolute Gasteiger partial charge is 0.467 e. The van der Waals surface area contributed by atoms with Crippen molar-refractivity contribution in [2.45, 2.75) is 38.8 Å². The minimum Gasteiger partial charge on any atom is -0.467 e. The molecule has 36 heavy (non-hydrogen) atoms. The molecule has 0 spiro atoms. The Hall–Kier alpha value is -4.40. The number of nitrogens with one attached hydrogen (secondary N) is 3. The highest BCUT2D eigenvalue weighted by Crippen LogP contribution is 2.30. The normalized spacial score (nSPS) is 17.3. The summed E-state index contributed by atoms with van der Waals surface area (Å²) in [7, 11) is 0. The maximum Gasteiger partial charge on any atom is 0.325 e. The van der Waals surface area contributed by atoms with Crippen molar-refractivity contribution in [1.29, 1.82) is 0 Å². The van der Waals surface area contributed by atoms with E-state index in [1.807, 2.05) is 24.3 Å². The minimum absolute atomic E-state index is 0.188. The van der Waals surface area contributed by atoms with Gasteiger partial charge in [0.15, 0.2) is 0 Å². The van der Waals surface area contributed by atoms with Crippen molar-refractivity contribution in [1.82, 2.24) is 15.5 Å². The molecular weight excluding hydrogens is 460 g/mol. The van der Waals surface area contributed by atoms with Crippen molar-refractivity contribution < 1.29 is 23.6 Å². The molecule has 0 radical (unpaired) electrons. The van der Waals surface area contributed by atoms with Gasteiger partial charge >= 0.3 is 6.03 Å². The number of rotatable bonds is 8. The van der Waals surface area contributed by atoms with Crippen LogP contribution in [-0.2, 0) is 21.7 Å². The van der Waals surface area contributed by atoms with Crippen LogP contribution in [0.25, 0.3) is 0 Å². The van der Waals surface area contributed by atoms with E-state index in [1.165, 1.54) is 6.26 Å². The minimum atomic E-state index is -1.28. The SMILES string of the molecule is CC(C)c1ccc([C@@]2(C)NC(=O)N(CC(=O)Nc3ccccc3C(=O)NCc3ccco3)C2=O)cc1. The molecule has 9 nitrogen and oxygen atoms in total. The molecule has 1 fully saturated rings. The summed E-state index contributed by atoms with van der Waals surface area (Å²) in [6.45, 7) is 5.45. The summed E-state index contributed by atoms with van der Waals surface area (Å²) in [5.74, 6) is -0.621. The molecular formula is C27H28N4O5. The van der Waals surface area contributed by atoms with Crippen LogP contribution >= 0.6 is 0 Å². The second kappa shape index (κ2) is 10.1. The topological polar surface area (TPSA) is 121 Å². The Balaban J connectivity index is 1.43. The lowest BCUT2D eigenvalue weighted by Gasteiger charge is -2.23. The van der Waals surface area contributed by atoms with Crippen molar-refractivity contribution in [3.05, 3.63) is 89.4 Å². The Labute approximate surface area is 208 Å². The van der Waals surface area contributed by atoms with E-state index in [-0.39, 0.29) is 17.8 Å². The van der Waals surface area contributed by atoms with Gasteiger partial charge in [0.05, 0.1) is 24.1 Å². The quantitative estimate of drug-likeness (QED) is 0.417. The molecule has 0 aliphatic carbocycles. The van der Waals surface area contributed by atoms with Crippen LogP contribution in [0, 0.1) is 0 Å². The molecule has 9 heteroatoms. The van der Waals surface area contributed by atoms with Crippen LogP contribution in [0.2, 0.25) is 0 Å². The summed E-state index contributed by atoms with van der Waals surface area (Å²) in [4.78, 5) is 52.2. The van der Waals surface area contributed by atoms with E-state index in [2.05, 4.69) is 29.8 Å². The number of anilines is 1. The Bertz CT molecular complexity index is 1280. The molecule has 3 N–H and O–H groups in total. The molecule has 5 amide bonds. The van der Waals surface area contributed by atoms with E-state index >= 15 is 0 Å². The molecule has 186 valence electrons. The van der Waals surface area contributed by atoms with Gasteiger partial charge < -0.3 is 20.4 Å². The summed E-state index contributed by atoms with van der Waals surface area (Å²) >= 11 is 0. The third kappa shape index (κ3) is 5.00. The van der Waals surface area contributed by atoms with Crippen LogP contribution in [0.1, 0.15) is 53.9 Å². The van der Waals surface area contributed by atoms with Gasteiger partial charge in [0.25, 0.3) is 11.8 Å². The summed E-state index contributed by atoms with van der Waals surface area (Å²) in [6.07, 6.45) is 1.51. The number of benzene rings is 2. The number of amides is 5. The lowest BCUT2D eigenvalue weighted by molar-refractivity contribution is -0.133. The molecule has 1 aliphatic heterocycles. The third-order valence-corrected chi connectivity index (χ3v) is 6.18. The van der Waals surface area contributed by atoms with Crippen LogP contribution in [0.3, 0.4) is 0 Å². The zero-order valence-corrected chi connectivity index (χ0v) is 20.3. The molecule has 0 unspecified atom stereocenters. The van der Waals surface area contributed by atoms with Gasteiger partial charge in [-0.1, -0.05) is 50.2 Å². The number of hydrogen-bond donors (Lipinski definition) is 3. The predicted octanol–water partition coefficient (Wildman–Crippen LogP) is 3.74. The van der Waals surface area contributed by atoms with Crippen LogP contribution in [-0.4, -0.2) is 35.2 Å². The first-order chi connectivity index (χ1) is 17.2. The highest BCUT2D eigenvalue weighted by atomic mass is 16.3. The van der Waals surface area contributed by atoms with Gasteiger partial charge in [-0.05, 0) is 48.2 Å². The van der Waals surface area contributed by atoms with Gasteiger partial charge in [-0.2, -0.15) is 0 Å². The smallest absolute Gasteiger partial charge is 0.325 e. The number of imide groups is 1. The number of carbonyl (C=O) groups is 4. The lowest BCUT2D eigenvalue weighted by atomic mass is 9.90. The third-order valence-electron chi connectivity index (χ3n) is 6.18. The number of carbonyl (C=O) groups excluding carboxylic acids is 4. The van der Waals surface area contributed by atoms with Crippen molar-refractivity contribution in [3.8, 4) is 0 Å². The molecule has 0 saturated carbocycles. The molecule has 2 aromatic carbocycles. The molecule has 4 rings (SSSR count). The second-order valence-electron chi connectivity index (χ2n) is 9.08. The van der Waals surface area contributed by atoms with Crippen LogP contribution in [0.5, 0.6) is 0 Å². The van der Waals surface area contributed by atoms with E-state index in [9.17, 15) is 19.2 Å². The average molecular weight is 489 g/mol. The van der Waals surface area contributed by atoms with Gasteiger partial charge in [-0.15, -0.1) is 0 Å². The molecule has 2 heterocycles. The highest BCUT2D eigenvalue weighted by molar-refractivity contribution is 6.11. The fraction of sp³-hybridized carbons (Fsp3) is 0.259. The van der Waals surface area contributed by atoms with Gasteiger partial charge in [0, 0.05) is 0 Å². The predicted molar refractivity (Wildman–Crippen MR) is 133 cm³/mol.